The molecule has 1 N–H and O–H groups in total. The Labute approximate surface area is 155 Å². The third-order valence-electron chi connectivity index (χ3n) is 3.60. The van der Waals surface area contributed by atoms with Gasteiger partial charge < -0.3 is 5.11 Å². The fourth-order valence-electron chi connectivity index (χ4n) is 2.54. The molecule has 22 heavy (non-hydrogen) atoms. The van der Waals surface area contributed by atoms with Crippen LogP contribution in [0, 0.1) is 0 Å². The van der Waals surface area contributed by atoms with Crippen molar-refractivity contribution in [2.24, 2.45) is 0 Å². The molecule has 0 bridgehead atoms. The monoisotopic (exact) mass is 436 g/mol. The second-order valence-electron chi connectivity index (χ2n) is 4.90. The van der Waals surface area contributed by atoms with Crippen LogP contribution in [0.5, 0.6) is 0 Å². The van der Waals surface area contributed by atoms with Crippen molar-refractivity contribution in [1.82, 2.24) is 0 Å². The van der Waals surface area contributed by atoms with Gasteiger partial charge >= 0.3 is 0 Å². The molecule has 0 saturated heterocycles. The van der Waals surface area contributed by atoms with Crippen LogP contribution in [0.4, 0.5) is 0 Å². The lowest BCUT2D eigenvalue weighted by atomic mass is 9.95. The highest BCUT2D eigenvalue weighted by Gasteiger charge is 2.17. The van der Waals surface area contributed by atoms with Crippen LogP contribution in [0.3, 0.4) is 0 Å². The summed E-state index contributed by atoms with van der Waals surface area (Å²) in [5.41, 5.74) is 0.724. The quantitative estimate of drug-likeness (QED) is 0.336. The van der Waals surface area contributed by atoms with E-state index in [4.69, 9.17) is 46.4 Å². The fourth-order valence-corrected chi connectivity index (χ4v) is 3.60. The van der Waals surface area contributed by atoms with Crippen LogP contribution >= 0.6 is 62.3 Å². The van der Waals surface area contributed by atoms with Gasteiger partial charge in [-0.15, -0.1) is 0 Å². The second kappa shape index (κ2) is 6.35. The number of benzene rings is 3. The third kappa shape index (κ3) is 2.71. The average molecular weight is 439 g/mol. The Hall–Kier alpha value is -0.220. The average Bonchev–Trinajstić information content (AvgIpc) is 2.51. The SMILES string of the molecule is O[C@H](CBr)c1cc2c(Cl)c(Cl)ccc2c2cc(Cl)c(Cl)cc12. The summed E-state index contributed by atoms with van der Waals surface area (Å²) in [5.74, 6) is 0. The summed E-state index contributed by atoms with van der Waals surface area (Å²) in [5, 5.41) is 15.9. The Bertz CT molecular complexity index is 895. The van der Waals surface area contributed by atoms with Crippen LogP contribution in [0.15, 0.2) is 30.3 Å². The summed E-state index contributed by atoms with van der Waals surface area (Å²) in [6.07, 6.45) is -0.695. The van der Waals surface area contributed by atoms with Gasteiger partial charge in [0.05, 0.1) is 26.2 Å². The summed E-state index contributed by atoms with van der Waals surface area (Å²) in [6, 6.07) is 9.04. The molecule has 0 aliphatic heterocycles. The lowest BCUT2D eigenvalue weighted by Crippen LogP contribution is -2.00. The van der Waals surface area contributed by atoms with Crippen molar-refractivity contribution in [2.75, 3.05) is 5.33 Å². The number of fused-ring (bicyclic) bond motifs is 3. The maximum absolute atomic E-state index is 10.3. The van der Waals surface area contributed by atoms with Gasteiger partial charge in [-0.3, -0.25) is 0 Å². The van der Waals surface area contributed by atoms with E-state index in [9.17, 15) is 5.11 Å². The van der Waals surface area contributed by atoms with E-state index in [0.717, 1.165) is 27.1 Å². The van der Waals surface area contributed by atoms with Crippen molar-refractivity contribution < 1.29 is 5.11 Å². The summed E-state index contributed by atoms with van der Waals surface area (Å²) >= 11 is 28.0. The summed E-state index contributed by atoms with van der Waals surface area (Å²) < 4.78 is 0. The van der Waals surface area contributed by atoms with Gasteiger partial charge in [0.2, 0.25) is 0 Å². The highest BCUT2D eigenvalue weighted by atomic mass is 79.9. The van der Waals surface area contributed by atoms with Crippen LogP contribution in [0.25, 0.3) is 21.5 Å². The van der Waals surface area contributed by atoms with Crippen LogP contribution in [-0.4, -0.2) is 10.4 Å². The minimum absolute atomic E-state index is 0.395. The minimum atomic E-state index is -0.695. The number of hydrogen-bond donors (Lipinski definition) is 1. The number of hydrogen-bond acceptors (Lipinski definition) is 1. The van der Waals surface area contributed by atoms with Crippen molar-refractivity contribution in [3.05, 3.63) is 56.0 Å². The molecule has 0 heterocycles. The summed E-state index contributed by atoms with van der Waals surface area (Å²) in [6.45, 7) is 0. The highest BCUT2D eigenvalue weighted by molar-refractivity contribution is 9.09. The van der Waals surface area contributed by atoms with E-state index in [-0.39, 0.29) is 0 Å². The number of aliphatic hydroxyl groups is 1. The molecule has 3 aromatic carbocycles. The lowest BCUT2D eigenvalue weighted by molar-refractivity contribution is 0.207. The van der Waals surface area contributed by atoms with Gasteiger partial charge in [0.1, 0.15) is 0 Å². The zero-order valence-corrected chi connectivity index (χ0v) is 15.6. The largest absolute Gasteiger partial charge is 0.388 e. The maximum atomic E-state index is 10.3. The van der Waals surface area contributed by atoms with E-state index in [1.807, 2.05) is 12.1 Å². The van der Waals surface area contributed by atoms with E-state index in [1.54, 1.807) is 18.2 Å². The van der Waals surface area contributed by atoms with Crippen LogP contribution < -0.4 is 0 Å². The van der Waals surface area contributed by atoms with Crippen LogP contribution in [-0.2, 0) is 0 Å². The first kappa shape index (κ1) is 16.6. The predicted octanol–water partition coefficient (Wildman–Crippen LogP) is 7.03. The topological polar surface area (TPSA) is 20.2 Å². The van der Waals surface area contributed by atoms with Crippen LogP contribution in [0.2, 0.25) is 20.1 Å². The zero-order chi connectivity index (χ0) is 16.0. The fraction of sp³-hybridized carbons (Fsp3) is 0.125. The lowest BCUT2D eigenvalue weighted by Gasteiger charge is -2.16. The number of aliphatic hydroxyl groups excluding tert-OH is 1. The van der Waals surface area contributed by atoms with Gasteiger partial charge in [0.25, 0.3) is 0 Å². The first-order valence-electron chi connectivity index (χ1n) is 6.37. The molecule has 0 unspecified atom stereocenters. The maximum Gasteiger partial charge on any atom is 0.0893 e. The first-order chi connectivity index (χ1) is 10.4. The minimum Gasteiger partial charge on any atom is -0.388 e. The van der Waals surface area contributed by atoms with Crippen molar-refractivity contribution in [3.8, 4) is 0 Å². The molecule has 0 aliphatic rings. The Kier molecular flexibility index (Phi) is 4.80. The third-order valence-corrected chi connectivity index (χ3v) is 5.75. The van der Waals surface area contributed by atoms with Crippen molar-refractivity contribution >= 4 is 83.9 Å². The molecular formula is C16H9BrCl4O. The first-order valence-corrected chi connectivity index (χ1v) is 9.00. The van der Waals surface area contributed by atoms with Crippen molar-refractivity contribution in [1.29, 1.82) is 0 Å². The van der Waals surface area contributed by atoms with E-state index < -0.39 is 6.10 Å². The Morgan fingerprint density at radius 1 is 0.818 bits per heavy atom. The number of halogens is 5. The van der Waals surface area contributed by atoms with E-state index in [1.165, 1.54) is 0 Å². The molecule has 114 valence electrons. The Morgan fingerprint density at radius 3 is 2.09 bits per heavy atom. The highest BCUT2D eigenvalue weighted by Crippen LogP contribution is 2.41. The van der Waals surface area contributed by atoms with Crippen molar-refractivity contribution in [2.45, 2.75) is 6.10 Å². The van der Waals surface area contributed by atoms with Gasteiger partial charge in [-0.2, -0.15) is 0 Å². The Balaban J connectivity index is 2.55. The molecule has 1 nitrogen and oxygen atoms in total. The number of alkyl halides is 1. The molecule has 1 atom stereocenters. The van der Waals surface area contributed by atoms with Gasteiger partial charge in [0, 0.05) is 10.7 Å². The van der Waals surface area contributed by atoms with Gasteiger partial charge in [0.15, 0.2) is 0 Å². The molecule has 6 heteroatoms. The molecule has 0 aliphatic carbocycles. The molecule has 0 saturated carbocycles. The van der Waals surface area contributed by atoms with Gasteiger partial charge in [-0.05, 0) is 46.0 Å². The normalized spacial score (nSPS) is 13.0. The van der Waals surface area contributed by atoms with Crippen molar-refractivity contribution in [3.63, 3.8) is 0 Å². The molecule has 0 fully saturated rings. The van der Waals surface area contributed by atoms with E-state index in [0.29, 0.717) is 25.4 Å². The standard InChI is InChI=1S/C16H9BrCl4O/c17-6-15(22)10-3-11-7(1-2-12(18)16(11)21)8-4-13(19)14(20)5-9(8)10/h1-5,15,22H,6H2/t15-/m1/s1. The Morgan fingerprint density at radius 2 is 1.45 bits per heavy atom. The smallest absolute Gasteiger partial charge is 0.0893 e. The van der Waals surface area contributed by atoms with E-state index in [2.05, 4.69) is 15.9 Å². The molecule has 3 rings (SSSR count). The molecule has 3 aromatic rings. The summed E-state index contributed by atoms with van der Waals surface area (Å²) in [7, 11) is 0. The molecule has 0 amide bonds. The van der Waals surface area contributed by atoms with E-state index >= 15 is 0 Å². The second-order valence-corrected chi connectivity index (χ2v) is 7.15. The number of rotatable bonds is 2. The predicted molar refractivity (Wildman–Crippen MR) is 100 cm³/mol. The molecule has 0 spiro atoms. The van der Waals surface area contributed by atoms with Crippen LogP contribution in [0.1, 0.15) is 11.7 Å². The summed E-state index contributed by atoms with van der Waals surface area (Å²) in [4.78, 5) is 0. The molecule has 0 radical (unpaired) electrons. The van der Waals surface area contributed by atoms with Gasteiger partial charge in [-0.1, -0.05) is 68.4 Å². The molecule has 0 aromatic heterocycles. The zero-order valence-electron chi connectivity index (χ0n) is 11.0. The van der Waals surface area contributed by atoms with Gasteiger partial charge in [-0.25, -0.2) is 0 Å². The molecular weight excluding hydrogens is 430 g/mol.